The first kappa shape index (κ1) is 9.95. The minimum Gasteiger partial charge on any atom is -0.383 e. The van der Waals surface area contributed by atoms with Crippen LogP contribution in [0.1, 0.15) is 12.8 Å². The van der Waals surface area contributed by atoms with E-state index < -0.39 is 10.0 Å². The van der Waals surface area contributed by atoms with Crippen molar-refractivity contribution in [1.29, 1.82) is 0 Å². The van der Waals surface area contributed by atoms with Gasteiger partial charge in [-0.3, -0.25) is 0 Å². The number of rotatable bonds is 3. The van der Waals surface area contributed by atoms with E-state index in [2.05, 4.69) is 6.26 Å². The largest absolute Gasteiger partial charge is 0.383 e. The van der Waals surface area contributed by atoms with E-state index in [4.69, 9.17) is 4.74 Å². The fourth-order valence-electron chi connectivity index (χ4n) is 1.53. The van der Waals surface area contributed by atoms with Gasteiger partial charge in [0.25, 0.3) is 0 Å². The van der Waals surface area contributed by atoms with Gasteiger partial charge < -0.3 is 4.74 Å². The van der Waals surface area contributed by atoms with Crippen LogP contribution in [0, 0.1) is 6.26 Å². The standard InChI is InChI=1S/C7H14NO3S/c1-11-6-7-4-3-5-8(7)12(2,9)10/h7H,2-6H2,1H3. The molecule has 71 valence electrons. The molecule has 1 aliphatic rings. The van der Waals surface area contributed by atoms with Crippen LogP contribution in [-0.4, -0.2) is 39.0 Å². The summed E-state index contributed by atoms with van der Waals surface area (Å²) in [6, 6.07) is -0.00231. The first-order valence-corrected chi connectivity index (χ1v) is 5.50. The zero-order valence-corrected chi connectivity index (χ0v) is 8.01. The predicted octanol–water partition coefficient (Wildman–Crippen LogP) is 0.219. The summed E-state index contributed by atoms with van der Waals surface area (Å²) in [6.45, 7) is 1.05. The normalized spacial score (nSPS) is 26.3. The minimum absolute atomic E-state index is 0.00231. The molecule has 0 amide bonds. The second-order valence-electron chi connectivity index (χ2n) is 2.97. The van der Waals surface area contributed by atoms with E-state index in [-0.39, 0.29) is 6.04 Å². The smallest absolute Gasteiger partial charge is 0.215 e. The van der Waals surface area contributed by atoms with E-state index in [0.29, 0.717) is 13.2 Å². The SMILES string of the molecule is [CH2]S(=O)(=O)N1CCCC1COC. The second-order valence-corrected chi connectivity index (χ2v) is 4.61. The minimum atomic E-state index is -3.27. The summed E-state index contributed by atoms with van der Waals surface area (Å²) in [6.07, 6.45) is 4.91. The Bertz CT molecular complexity index is 237. The molecule has 4 nitrogen and oxygen atoms in total. The van der Waals surface area contributed by atoms with Gasteiger partial charge in [0.15, 0.2) is 0 Å². The van der Waals surface area contributed by atoms with Crippen LogP contribution in [-0.2, 0) is 14.8 Å². The van der Waals surface area contributed by atoms with Crippen molar-refractivity contribution in [2.75, 3.05) is 20.3 Å². The van der Waals surface area contributed by atoms with Crippen molar-refractivity contribution in [1.82, 2.24) is 4.31 Å². The maximum Gasteiger partial charge on any atom is 0.215 e. The van der Waals surface area contributed by atoms with Crippen molar-refractivity contribution in [2.24, 2.45) is 0 Å². The van der Waals surface area contributed by atoms with E-state index in [0.717, 1.165) is 12.8 Å². The van der Waals surface area contributed by atoms with Gasteiger partial charge in [-0.15, -0.1) is 0 Å². The molecule has 0 aromatic carbocycles. The first-order chi connectivity index (χ1) is 5.55. The lowest BCUT2D eigenvalue weighted by Crippen LogP contribution is -2.36. The van der Waals surface area contributed by atoms with Crippen LogP contribution < -0.4 is 0 Å². The van der Waals surface area contributed by atoms with Gasteiger partial charge in [0.2, 0.25) is 10.0 Å². The van der Waals surface area contributed by atoms with E-state index >= 15 is 0 Å². The summed E-state index contributed by atoms with van der Waals surface area (Å²) >= 11 is 0. The summed E-state index contributed by atoms with van der Waals surface area (Å²) in [4.78, 5) is 0. The van der Waals surface area contributed by atoms with Crippen molar-refractivity contribution in [2.45, 2.75) is 18.9 Å². The summed E-state index contributed by atoms with van der Waals surface area (Å²) in [5.41, 5.74) is 0. The van der Waals surface area contributed by atoms with Crippen molar-refractivity contribution in [3.8, 4) is 0 Å². The lowest BCUT2D eigenvalue weighted by atomic mass is 10.2. The van der Waals surface area contributed by atoms with E-state index in [1.165, 1.54) is 4.31 Å². The number of sulfonamides is 1. The third-order valence-electron chi connectivity index (χ3n) is 2.04. The van der Waals surface area contributed by atoms with Gasteiger partial charge in [0, 0.05) is 19.7 Å². The topological polar surface area (TPSA) is 46.6 Å². The monoisotopic (exact) mass is 192 g/mol. The molecule has 1 heterocycles. The van der Waals surface area contributed by atoms with Crippen LogP contribution in [0.2, 0.25) is 0 Å². The Morgan fingerprint density at radius 3 is 2.83 bits per heavy atom. The fourth-order valence-corrected chi connectivity index (χ4v) is 2.56. The van der Waals surface area contributed by atoms with Crippen molar-refractivity contribution < 1.29 is 13.2 Å². The summed E-state index contributed by atoms with van der Waals surface area (Å²) in [5.74, 6) is 0. The van der Waals surface area contributed by atoms with Crippen LogP contribution in [0.25, 0.3) is 0 Å². The number of ether oxygens (including phenoxy) is 1. The molecule has 1 aliphatic heterocycles. The van der Waals surface area contributed by atoms with Gasteiger partial charge in [-0.2, -0.15) is 4.31 Å². The third-order valence-corrected chi connectivity index (χ3v) is 3.23. The molecule has 1 saturated heterocycles. The van der Waals surface area contributed by atoms with Crippen molar-refractivity contribution in [3.05, 3.63) is 6.26 Å². The van der Waals surface area contributed by atoms with Crippen LogP contribution in [0.15, 0.2) is 0 Å². The Labute approximate surface area is 73.6 Å². The molecule has 1 rings (SSSR count). The van der Waals surface area contributed by atoms with Crippen LogP contribution in [0.5, 0.6) is 0 Å². The number of nitrogens with zero attached hydrogens (tertiary/aromatic N) is 1. The zero-order valence-electron chi connectivity index (χ0n) is 7.19. The molecular formula is C7H14NO3S. The molecule has 0 aliphatic carbocycles. The highest BCUT2D eigenvalue weighted by Crippen LogP contribution is 2.20. The maximum absolute atomic E-state index is 11.1. The maximum atomic E-state index is 11.1. The molecule has 12 heavy (non-hydrogen) atoms. The van der Waals surface area contributed by atoms with Gasteiger partial charge in [0.05, 0.1) is 12.9 Å². The highest BCUT2D eigenvalue weighted by molar-refractivity contribution is 7.90. The third kappa shape index (κ3) is 2.18. The Morgan fingerprint density at radius 2 is 2.33 bits per heavy atom. The fraction of sp³-hybridized carbons (Fsp3) is 0.857. The quantitative estimate of drug-likeness (QED) is 0.642. The summed E-state index contributed by atoms with van der Waals surface area (Å²) < 4.78 is 28.5. The molecule has 1 unspecified atom stereocenters. The number of hydrogen-bond donors (Lipinski definition) is 0. The zero-order chi connectivity index (χ0) is 9.19. The van der Waals surface area contributed by atoms with Crippen LogP contribution >= 0.6 is 0 Å². The molecule has 0 bridgehead atoms. The van der Waals surface area contributed by atoms with Crippen molar-refractivity contribution in [3.63, 3.8) is 0 Å². The first-order valence-electron chi connectivity index (χ1n) is 3.89. The van der Waals surface area contributed by atoms with Crippen LogP contribution in [0.3, 0.4) is 0 Å². The second kappa shape index (κ2) is 3.72. The Kier molecular flexibility index (Phi) is 3.09. The number of hydrogen-bond acceptors (Lipinski definition) is 3. The van der Waals surface area contributed by atoms with E-state index in [1.807, 2.05) is 0 Å². The molecule has 1 fully saturated rings. The van der Waals surface area contributed by atoms with Crippen LogP contribution in [0.4, 0.5) is 0 Å². The van der Waals surface area contributed by atoms with Gasteiger partial charge in [0.1, 0.15) is 0 Å². The Balaban J connectivity index is 2.64. The average Bonchev–Trinajstić information content (AvgIpc) is 2.34. The van der Waals surface area contributed by atoms with Gasteiger partial charge >= 0.3 is 0 Å². The Hall–Kier alpha value is -0.130. The highest BCUT2D eigenvalue weighted by atomic mass is 32.2. The van der Waals surface area contributed by atoms with Crippen molar-refractivity contribution >= 4 is 10.0 Å². The van der Waals surface area contributed by atoms with Gasteiger partial charge in [-0.05, 0) is 12.8 Å². The average molecular weight is 192 g/mol. The summed E-state index contributed by atoms with van der Waals surface area (Å²) in [5, 5.41) is 0. The van der Waals surface area contributed by atoms with E-state index in [1.54, 1.807) is 7.11 Å². The molecule has 0 spiro atoms. The van der Waals surface area contributed by atoms with Gasteiger partial charge in [-0.1, -0.05) is 0 Å². The molecule has 0 aromatic rings. The molecule has 0 saturated carbocycles. The molecule has 1 atom stereocenters. The summed E-state index contributed by atoms with van der Waals surface area (Å²) in [7, 11) is -1.69. The number of methoxy groups -OCH3 is 1. The lowest BCUT2D eigenvalue weighted by Gasteiger charge is -2.20. The van der Waals surface area contributed by atoms with E-state index in [9.17, 15) is 8.42 Å². The molecule has 5 heteroatoms. The molecule has 1 radical (unpaired) electrons. The lowest BCUT2D eigenvalue weighted by molar-refractivity contribution is 0.149. The predicted molar refractivity (Wildman–Crippen MR) is 45.9 cm³/mol. The molecule has 0 aromatic heterocycles. The molecule has 0 N–H and O–H groups in total. The highest BCUT2D eigenvalue weighted by Gasteiger charge is 2.30. The van der Waals surface area contributed by atoms with Gasteiger partial charge in [-0.25, -0.2) is 8.42 Å². The molecular weight excluding hydrogens is 178 g/mol. The Morgan fingerprint density at radius 1 is 1.67 bits per heavy atom.